The van der Waals surface area contributed by atoms with Gasteiger partial charge in [-0.05, 0) is 26.7 Å². The van der Waals surface area contributed by atoms with Gasteiger partial charge in [-0.15, -0.1) is 0 Å². The second-order valence-corrected chi connectivity index (χ2v) is 8.18. The maximum atomic E-state index is 12.5. The molecule has 3 rings (SSSR count). The third kappa shape index (κ3) is 3.45. The lowest BCUT2D eigenvalue weighted by Crippen LogP contribution is -2.44. The third-order valence-electron chi connectivity index (χ3n) is 4.29. The van der Waals surface area contributed by atoms with Crippen LogP contribution in [0.15, 0.2) is 20.3 Å². The molecule has 2 heterocycles. The molecule has 0 aliphatic heterocycles. The Hall–Kier alpha value is -2.20. The summed E-state index contributed by atoms with van der Waals surface area (Å²) in [5.41, 5.74) is 0.807. The molecule has 10 heteroatoms. The predicted molar refractivity (Wildman–Crippen MR) is 91.2 cm³/mol. The van der Waals surface area contributed by atoms with Crippen molar-refractivity contribution in [3.63, 3.8) is 0 Å². The summed E-state index contributed by atoms with van der Waals surface area (Å²) < 4.78 is 32.6. The van der Waals surface area contributed by atoms with Crippen LogP contribution < -0.4 is 15.2 Å². The van der Waals surface area contributed by atoms with Gasteiger partial charge in [0.2, 0.25) is 16.0 Å². The fourth-order valence-corrected chi connectivity index (χ4v) is 4.57. The Balaban J connectivity index is 1.70. The van der Waals surface area contributed by atoms with Crippen molar-refractivity contribution >= 4 is 16.0 Å². The van der Waals surface area contributed by atoms with E-state index in [-0.39, 0.29) is 28.2 Å². The van der Waals surface area contributed by atoms with Crippen LogP contribution in [0.2, 0.25) is 0 Å². The molecule has 2 aromatic heterocycles. The van der Waals surface area contributed by atoms with Gasteiger partial charge in [0.25, 0.3) is 5.56 Å². The Bertz CT molecular complexity index is 922. The number of hydrogen-bond donors (Lipinski definition) is 2. The first kappa shape index (κ1) is 17.6. The number of nitrogens with zero attached hydrogens (tertiary/aromatic N) is 3. The van der Waals surface area contributed by atoms with E-state index in [9.17, 15) is 13.2 Å². The van der Waals surface area contributed by atoms with E-state index in [1.54, 1.807) is 32.8 Å². The molecular weight excluding hydrogens is 346 g/mol. The van der Waals surface area contributed by atoms with Crippen molar-refractivity contribution < 1.29 is 12.9 Å². The zero-order valence-corrected chi connectivity index (χ0v) is 15.3. The van der Waals surface area contributed by atoms with Crippen molar-refractivity contribution in [2.24, 2.45) is 0 Å². The van der Waals surface area contributed by atoms with E-state index in [2.05, 4.69) is 19.8 Å². The summed E-state index contributed by atoms with van der Waals surface area (Å²) in [6.45, 7) is 3.17. The van der Waals surface area contributed by atoms with Crippen LogP contribution in [0.1, 0.15) is 35.9 Å². The highest BCUT2D eigenvalue weighted by Crippen LogP contribution is 2.36. The summed E-state index contributed by atoms with van der Waals surface area (Å²) in [7, 11) is -0.0865. The molecule has 2 N–H and O–H groups in total. The van der Waals surface area contributed by atoms with Gasteiger partial charge in [-0.3, -0.25) is 9.78 Å². The van der Waals surface area contributed by atoms with Crippen LogP contribution in [0.25, 0.3) is 0 Å². The average Bonchev–Trinajstić information content (AvgIpc) is 2.81. The normalized spacial score (nSPS) is 20.3. The van der Waals surface area contributed by atoms with Gasteiger partial charge in [-0.1, -0.05) is 5.16 Å². The minimum Gasteiger partial charge on any atom is -0.360 e. The molecular formula is C15H21N5O4S. The van der Waals surface area contributed by atoms with Crippen LogP contribution in [-0.4, -0.2) is 43.7 Å². The lowest BCUT2D eigenvalue weighted by Gasteiger charge is -2.35. The maximum absolute atomic E-state index is 12.5. The van der Waals surface area contributed by atoms with Gasteiger partial charge in [0, 0.05) is 32.1 Å². The fraction of sp³-hybridized carbons (Fsp3) is 0.533. The molecule has 25 heavy (non-hydrogen) atoms. The molecule has 0 amide bonds. The topological polar surface area (TPSA) is 121 Å². The van der Waals surface area contributed by atoms with E-state index >= 15 is 0 Å². The first-order chi connectivity index (χ1) is 11.7. The summed E-state index contributed by atoms with van der Waals surface area (Å²) in [5, 5.41) is 3.68. The Labute approximate surface area is 145 Å². The van der Waals surface area contributed by atoms with Gasteiger partial charge >= 0.3 is 0 Å². The largest absolute Gasteiger partial charge is 0.360 e. The summed E-state index contributed by atoms with van der Waals surface area (Å²) >= 11 is 0. The molecule has 0 saturated heterocycles. The van der Waals surface area contributed by atoms with Gasteiger partial charge in [0.15, 0.2) is 5.76 Å². The lowest BCUT2D eigenvalue weighted by molar-refractivity contribution is 0.320. The molecule has 1 aliphatic carbocycles. The second kappa shape index (κ2) is 6.26. The van der Waals surface area contributed by atoms with Crippen molar-refractivity contribution in [3.8, 4) is 0 Å². The molecule has 1 aliphatic rings. The van der Waals surface area contributed by atoms with Crippen LogP contribution in [0, 0.1) is 13.8 Å². The molecule has 1 fully saturated rings. The zero-order valence-electron chi connectivity index (χ0n) is 14.5. The number of rotatable bonds is 5. The Morgan fingerprint density at radius 2 is 2.00 bits per heavy atom. The van der Waals surface area contributed by atoms with Crippen molar-refractivity contribution in [2.75, 3.05) is 19.0 Å². The predicted octanol–water partition coefficient (Wildman–Crippen LogP) is 0.665. The first-order valence-corrected chi connectivity index (χ1v) is 9.39. The van der Waals surface area contributed by atoms with E-state index in [4.69, 9.17) is 4.52 Å². The van der Waals surface area contributed by atoms with Gasteiger partial charge in [-0.2, -0.15) is 0 Å². The van der Waals surface area contributed by atoms with E-state index in [1.165, 1.54) is 6.07 Å². The SMILES string of the molecule is Cc1noc(C)c1S(=O)(=O)NC1CC(c2cc(=O)[nH]c(N(C)C)n2)C1. The molecule has 0 unspecified atom stereocenters. The number of nitrogens with one attached hydrogen (secondary N) is 2. The molecule has 0 radical (unpaired) electrons. The number of sulfonamides is 1. The molecule has 136 valence electrons. The highest BCUT2D eigenvalue weighted by atomic mass is 32.2. The zero-order chi connectivity index (χ0) is 18.4. The van der Waals surface area contributed by atoms with Crippen LogP contribution in [0.4, 0.5) is 5.95 Å². The molecule has 0 atom stereocenters. The quantitative estimate of drug-likeness (QED) is 0.796. The average molecular weight is 367 g/mol. The number of aromatic nitrogens is 3. The highest BCUT2D eigenvalue weighted by molar-refractivity contribution is 7.89. The van der Waals surface area contributed by atoms with Crippen molar-refractivity contribution in [1.29, 1.82) is 0 Å². The van der Waals surface area contributed by atoms with Gasteiger partial charge < -0.3 is 9.42 Å². The number of anilines is 1. The second-order valence-electron chi connectivity index (χ2n) is 6.53. The van der Waals surface area contributed by atoms with Crippen molar-refractivity contribution in [3.05, 3.63) is 33.6 Å². The van der Waals surface area contributed by atoms with Crippen LogP contribution in [-0.2, 0) is 10.0 Å². The van der Waals surface area contributed by atoms with Crippen LogP contribution in [0.3, 0.4) is 0 Å². The first-order valence-electron chi connectivity index (χ1n) is 7.91. The Kier molecular flexibility index (Phi) is 4.41. The Morgan fingerprint density at radius 1 is 1.32 bits per heavy atom. The summed E-state index contributed by atoms with van der Waals surface area (Å²) in [5.74, 6) is 0.813. The molecule has 2 aromatic rings. The summed E-state index contributed by atoms with van der Waals surface area (Å²) in [6, 6.07) is 1.27. The molecule has 0 bridgehead atoms. The minimum atomic E-state index is -3.68. The number of aromatic amines is 1. The van der Waals surface area contributed by atoms with Crippen LogP contribution in [0.5, 0.6) is 0 Å². The number of hydrogen-bond acceptors (Lipinski definition) is 7. The van der Waals surface area contributed by atoms with Crippen molar-refractivity contribution in [1.82, 2.24) is 19.8 Å². The van der Waals surface area contributed by atoms with E-state index < -0.39 is 10.0 Å². The molecule has 0 spiro atoms. The minimum absolute atomic E-state index is 0.0540. The molecule has 1 saturated carbocycles. The smallest absolute Gasteiger partial charge is 0.252 e. The van der Waals surface area contributed by atoms with E-state index in [0.29, 0.717) is 30.2 Å². The van der Waals surface area contributed by atoms with Gasteiger partial charge in [-0.25, -0.2) is 18.1 Å². The Morgan fingerprint density at radius 3 is 2.56 bits per heavy atom. The lowest BCUT2D eigenvalue weighted by atomic mass is 9.78. The van der Waals surface area contributed by atoms with E-state index in [0.717, 1.165) is 0 Å². The highest BCUT2D eigenvalue weighted by Gasteiger charge is 2.36. The van der Waals surface area contributed by atoms with E-state index in [1.807, 2.05) is 0 Å². The fourth-order valence-electron chi connectivity index (χ4n) is 2.98. The van der Waals surface area contributed by atoms with Crippen molar-refractivity contribution in [2.45, 2.75) is 43.5 Å². The number of aryl methyl sites for hydroxylation is 2. The standard InChI is InChI=1S/C15H21N5O4S/c1-8-14(9(2)24-18-8)25(22,23)19-11-5-10(6-11)12-7-13(21)17-15(16-12)20(3)4/h7,10-11,19H,5-6H2,1-4H3,(H,16,17,21). The summed E-state index contributed by atoms with van der Waals surface area (Å²) in [4.78, 5) is 20.7. The van der Waals surface area contributed by atoms with Gasteiger partial charge in [0.1, 0.15) is 10.6 Å². The van der Waals surface area contributed by atoms with Crippen LogP contribution >= 0.6 is 0 Å². The third-order valence-corrected chi connectivity index (χ3v) is 6.05. The molecule has 9 nitrogen and oxygen atoms in total. The monoisotopic (exact) mass is 367 g/mol. The maximum Gasteiger partial charge on any atom is 0.252 e. The van der Waals surface area contributed by atoms with Gasteiger partial charge in [0.05, 0.1) is 5.69 Å². The molecule has 0 aromatic carbocycles. The summed E-state index contributed by atoms with van der Waals surface area (Å²) in [6.07, 6.45) is 1.18. The number of H-pyrrole nitrogens is 1.